The van der Waals surface area contributed by atoms with Gasteiger partial charge in [-0.2, -0.15) is 0 Å². The molecule has 2 N–H and O–H groups in total. The molecule has 1 aromatic rings. The molecule has 0 heterocycles. The first-order valence-corrected chi connectivity index (χ1v) is 5.81. The maximum atomic E-state index is 11.6. The molecule has 7 nitrogen and oxygen atoms in total. The molecule has 1 atom stereocenters. The van der Waals surface area contributed by atoms with E-state index in [0.29, 0.717) is 11.3 Å². The first-order valence-electron chi connectivity index (χ1n) is 5.81. The lowest BCUT2D eigenvalue weighted by atomic mass is 10.2. The molecule has 0 radical (unpaired) electrons. The molecule has 0 spiro atoms. The molecule has 0 saturated carbocycles. The third-order valence-corrected chi connectivity index (χ3v) is 2.47. The van der Waals surface area contributed by atoms with Crippen molar-refractivity contribution >= 4 is 23.7 Å². The fourth-order valence-electron chi connectivity index (χ4n) is 1.41. The second kappa shape index (κ2) is 7.13. The Morgan fingerprint density at radius 3 is 2.15 bits per heavy atom. The Morgan fingerprint density at radius 1 is 1.05 bits per heavy atom. The average molecular weight is 280 g/mol. The molecule has 20 heavy (non-hydrogen) atoms. The first-order chi connectivity index (χ1) is 9.47. The molecule has 108 valence electrons. The summed E-state index contributed by atoms with van der Waals surface area (Å²) in [5, 5.41) is 4.94. The monoisotopic (exact) mass is 280 g/mol. The van der Waals surface area contributed by atoms with Crippen LogP contribution in [0.4, 0.5) is 10.5 Å². The number of ether oxygens (including phenoxy) is 2. The standard InChI is InChI=1S/C13H16N2O5/c1-8(11(16)19-2)14-13(18)15-10-6-4-9(5-7-10)12(17)20-3/h4-8H,1-3H3,(H2,14,15,18). The lowest BCUT2D eigenvalue weighted by molar-refractivity contribution is -0.142. The van der Waals surface area contributed by atoms with Crippen LogP contribution in [0.2, 0.25) is 0 Å². The first kappa shape index (κ1) is 15.5. The summed E-state index contributed by atoms with van der Waals surface area (Å²) in [6.07, 6.45) is 0. The number of rotatable bonds is 4. The Hall–Kier alpha value is -2.57. The predicted octanol–water partition coefficient (Wildman–Crippen LogP) is 1.16. The SMILES string of the molecule is COC(=O)c1ccc(NC(=O)NC(C)C(=O)OC)cc1. The summed E-state index contributed by atoms with van der Waals surface area (Å²) < 4.78 is 9.04. The van der Waals surface area contributed by atoms with E-state index >= 15 is 0 Å². The van der Waals surface area contributed by atoms with Crippen LogP contribution in [0.25, 0.3) is 0 Å². The van der Waals surface area contributed by atoms with Crippen LogP contribution in [0.5, 0.6) is 0 Å². The summed E-state index contributed by atoms with van der Waals surface area (Å²) in [6.45, 7) is 1.51. The quantitative estimate of drug-likeness (QED) is 0.807. The van der Waals surface area contributed by atoms with Crippen LogP contribution in [0.15, 0.2) is 24.3 Å². The zero-order chi connectivity index (χ0) is 15.1. The third-order valence-electron chi connectivity index (χ3n) is 2.47. The molecule has 0 aromatic heterocycles. The van der Waals surface area contributed by atoms with Gasteiger partial charge in [-0.25, -0.2) is 14.4 Å². The molecule has 0 fully saturated rings. The van der Waals surface area contributed by atoms with Crippen molar-refractivity contribution in [3.05, 3.63) is 29.8 Å². The van der Waals surface area contributed by atoms with Gasteiger partial charge in [-0.15, -0.1) is 0 Å². The largest absolute Gasteiger partial charge is 0.467 e. The molecule has 7 heteroatoms. The summed E-state index contributed by atoms with van der Waals surface area (Å²) in [5.41, 5.74) is 0.855. The molecule has 1 unspecified atom stereocenters. The van der Waals surface area contributed by atoms with E-state index in [0.717, 1.165) is 0 Å². The van der Waals surface area contributed by atoms with Crippen LogP contribution in [-0.2, 0) is 14.3 Å². The van der Waals surface area contributed by atoms with Gasteiger partial charge in [0.1, 0.15) is 6.04 Å². The summed E-state index contributed by atoms with van der Waals surface area (Å²) >= 11 is 0. The van der Waals surface area contributed by atoms with Crippen molar-refractivity contribution in [2.45, 2.75) is 13.0 Å². The Labute approximate surface area is 116 Å². The minimum Gasteiger partial charge on any atom is -0.467 e. The molecule has 0 aliphatic heterocycles. The second-order valence-corrected chi connectivity index (χ2v) is 3.91. The van der Waals surface area contributed by atoms with Crippen molar-refractivity contribution in [2.75, 3.05) is 19.5 Å². The van der Waals surface area contributed by atoms with Crippen LogP contribution in [0.3, 0.4) is 0 Å². The van der Waals surface area contributed by atoms with Crippen molar-refractivity contribution in [3.63, 3.8) is 0 Å². The minimum atomic E-state index is -0.755. The van der Waals surface area contributed by atoms with Gasteiger partial charge in [-0.05, 0) is 31.2 Å². The van der Waals surface area contributed by atoms with E-state index in [1.54, 1.807) is 12.1 Å². The van der Waals surface area contributed by atoms with Crippen LogP contribution in [0.1, 0.15) is 17.3 Å². The van der Waals surface area contributed by atoms with Crippen LogP contribution >= 0.6 is 0 Å². The molecule has 0 bridgehead atoms. The average Bonchev–Trinajstić information content (AvgIpc) is 2.46. The van der Waals surface area contributed by atoms with Crippen molar-refractivity contribution in [1.29, 1.82) is 0 Å². The number of anilines is 1. The lowest BCUT2D eigenvalue weighted by Gasteiger charge is -2.12. The van der Waals surface area contributed by atoms with Gasteiger partial charge >= 0.3 is 18.0 Å². The molecule has 0 saturated heterocycles. The number of urea groups is 1. The lowest BCUT2D eigenvalue weighted by Crippen LogP contribution is -2.41. The number of nitrogens with one attached hydrogen (secondary N) is 2. The van der Waals surface area contributed by atoms with E-state index in [1.165, 1.54) is 33.3 Å². The normalized spacial score (nSPS) is 11.2. The van der Waals surface area contributed by atoms with Crippen molar-refractivity contribution in [1.82, 2.24) is 5.32 Å². The molecule has 1 aromatic carbocycles. The number of methoxy groups -OCH3 is 2. The van der Waals surface area contributed by atoms with Gasteiger partial charge < -0.3 is 20.1 Å². The topological polar surface area (TPSA) is 93.7 Å². The number of hydrogen-bond donors (Lipinski definition) is 2. The Balaban J connectivity index is 2.58. The van der Waals surface area contributed by atoms with E-state index in [-0.39, 0.29) is 0 Å². The maximum Gasteiger partial charge on any atom is 0.337 e. The van der Waals surface area contributed by atoms with Gasteiger partial charge in [0.2, 0.25) is 0 Å². The van der Waals surface area contributed by atoms with E-state index < -0.39 is 24.0 Å². The molecule has 1 rings (SSSR count). The Kier molecular flexibility index (Phi) is 5.52. The number of esters is 2. The van der Waals surface area contributed by atoms with Crippen molar-refractivity contribution < 1.29 is 23.9 Å². The fraction of sp³-hybridized carbons (Fsp3) is 0.308. The highest BCUT2D eigenvalue weighted by Gasteiger charge is 2.15. The second-order valence-electron chi connectivity index (χ2n) is 3.91. The van der Waals surface area contributed by atoms with Crippen molar-refractivity contribution in [2.24, 2.45) is 0 Å². The van der Waals surface area contributed by atoms with Gasteiger partial charge in [0.15, 0.2) is 0 Å². The Morgan fingerprint density at radius 2 is 1.65 bits per heavy atom. The van der Waals surface area contributed by atoms with Gasteiger partial charge in [0, 0.05) is 5.69 Å². The molecule has 0 aliphatic carbocycles. The minimum absolute atomic E-state index is 0.376. The highest BCUT2D eigenvalue weighted by molar-refractivity contribution is 5.93. The van der Waals surface area contributed by atoms with Crippen molar-refractivity contribution in [3.8, 4) is 0 Å². The zero-order valence-corrected chi connectivity index (χ0v) is 11.4. The van der Waals surface area contributed by atoms with Gasteiger partial charge in [0.05, 0.1) is 19.8 Å². The predicted molar refractivity (Wildman–Crippen MR) is 71.4 cm³/mol. The Bertz CT molecular complexity index is 498. The summed E-state index contributed by atoms with van der Waals surface area (Å²) in [5.74, 6) is -0.999. The van der Waals surface area contributed by atoms with Gasteiger partial charge in [-0.1, -0.05) is 0 Å². The number of carbonyl (C=O) groups excluding carboxylic acids is 3. The fourth-order valence-corrected chi connectivity index (χ4v) is 1.41. The number of amides is 2. The molecular formula is C13H16N2O5. The van der Waals surface area contributed by atoms with E-state index in [4.69, 9.17) is 0 Å². The number of carbonyl (C=O) groups is 3. The van der Waals surface area contributed by atoms with Crippen LogP contribution < -0.4 is 10.6 Å². The highest BCUT2D eigenvalue weighted by atomic mass is 16.5. The van der Waals surface area contributed by atoms with E-state index in [9.17, 15) is 14.4 Å². The molecule has 0 aliphatic rings. The number of hydrogen-bond acceptors (Lipinski definition) is 5. The van der Waals surface area contributed by atoms with E-state index in [1.807, 2.05) is 0 Å². The smallest absolute Gasteiger partial charge is 0.337 e. The summed E-state index contributed by atoms with van der Waals surface area (Å²) in [7, 11) is 2.53. The highest BCUT2D eigenvalue weighted by Crippen LogP contribution is 2.10. The number of benzene rings is 1. The third kappa shape index (κ3) is 4.27. The summed E-state index contributed by atoms with van der Waals surface area (Å²) in [6, 6.07) is 4.84. The van der Waals surface area contributed by atoms with Crippen LogP contribution in [0, 0.1) is 0 Å². The van der Waals surface area contributed by atoms with E-state index in [2.05, 4.69) is 20.1 Å². The van der Waals surface area contributed by atoms with Crippen LogP contribution in [-0.4, -0.2) is 38.2 Å². The van der Waals surface area contributed by atoms with Gasteiger partial charge in [-0.3, -0.25) is 0 Å². The zero-order valence-electron chi connectivity index (χ0n) is 11.4. The van der Waals surface area contributed by atoms with Gasteiger partial charge in [0.25, 0.3) is 0 Å². The molecule has 2 amide bonds. The summed E-state index contributed by atoms with van der Waals surface area (Å²) in [4.78, 5) is 34.0. The maximum absolute atomic E-state index is 11.6. The molecular weight excluding hydrogens is 264 g/mol.